The van der Waals surface area contributed by atoms with Gasteiger partial charge >= 0.3 is 0 Å². The number of nitrogens with zero attached hydrogens (tertiary/aromatic N) is 1. The van der Waals surface area contributed by atoms with Crippen molar-refractivity contribution in [3.63, 3.8) is 0 Å². The molecule has 0 spiro atoms. The molecule has 1 atom stereocenters. The first kappa shape index (κ1) is 9.92. The molecule has 1 unspecified atom stereocenters. The number of amides is 1. The molecule has 0 aliphatic heterocycles. The third-order valence-corrected chi connectivity index (χ3v) is 1.25. The number of hydrogen-bond donors (Lipinski definition) is 1. The van der Waals surface area contributed by atoms with Crippen molar-refractivity contribution in [2.45, 2.75) is 19.8 Å². The molecule has 0 rings (SSSR count). The lowest BCUT2D eigenvalue weighted by Gasteiger charge is -2.05. The smallest absolute Gasteiger partial charge is 0.260 e. The predicted molar refractivity (Wildman–Crippen MR) is 39.2 cm³/mol. The second-order valence-electron chi connectivity index (χ2n) is 2.14. The Bertz CT molecular complexity index is 162. The fourth-order valence-corrected chi connectivity index (χ4v) is 0.715. The number of hydrogen-bond acceptors (Lipinski definition) is 3. The van der Waals surface area contributed by atoms with E-state index >= 15 is 0 Å². The minimum atomic E-state index is -0.583. The van der Waals surface area contributed by atoms with Crippen LogP contribution in [-0.2, 0) is 9.63 Å². The van der Waals surface area contributed by atoms with Crippen LogP contribution >= 0.6 is 0 Å². The lowest BCUT2D eigenvalue weighted by Crippen LogP contribution is -2.28. The van der Waals surface area contributed by atoms with E-state index in [-0.39, 0.29) is 5.91 Å². The van der Waals surface area contributed by atoms with Crippen molar-refractivity contribution in [1.29, 1.82) is 5.26 Å². The summed E-state index contributed by atoms with van der Waals surface area (Å²) in [4.78, 5) is 15.3. The van der Waals surface area contributed by atoms with Gasteiger partial charge in [0.05, 0.1) is 13.2 Å². The van der Waals surface area contributed by atoms with Crippen LogP contribution in [0.5, 0.6) is 0 Å². The van der Waals surface area contributed by atoms with Crippen LogP contribution in [0.4, 0.5) is 0 Å². The molecular formula is C7H12N2O2. The van der Waals surface area contributed by atoms with Gasteiger partial charge in [-0.2, -0.15) is 5.26 Å². The van der Waals surface area contributed by atoms with Gasteiger partial charge in [0.15, 0.2) is 0 Å². The van der Waals surface area contributed by atoms with E-state index < -0.39 is 5.92 Å². The summed E-state index contributed by atoms with van der Waals surface area (Å²) >= 11 is 0. The summed E-state index contributed by atoms with van der Waals surface area (Å²) in [6.07, 6.45) is 1.39. The van der Waals surface area contributed by atoms with E-state index in [2.05, 4.69) is 10.3 Å². The van der Waals surface area contributed by atoms with Crippen LogP contribution in [0.25, 0.3) is 0 Å². The van der Waals surface area contributed by atoms with Gasteiger partial charge in [-0.25, -0.2) is 5.48 Å². The number of nitrogens with one attached hydrogen (secondary N) is 1. The molecule has 0 aliphatic carbocycles. The van der Waals surface area contributed by atoms with Gasteiger partial charge in [-0.3, -0.25) is 9.63 Å². The largest absolute Gasteiger partial charge is 0.277 e. The lowest BCUT2D eigenvalue weighted by molar-refractivity contribution is -0.133. The van der Waals surface area contributed by atoms with Crippen LogP contribution in [0.3, 0.4) is 0 Å². The highest BCUT2D eigenvalue weighted by Gasteiger charge is 2.15. The highest BCUT2D eigenvalue weighted by molar-refractivity contribution is 5.79. The first-order valence-corrected chi connectivity index (χ1v) is 3.48. The standard InChI is InChI=1S/C7H12N2O2/c1-3-4-6(5-8)7(10)9-11-2/h6H,3-4H2,1-2H3,(H,9,10). The average molecular weight is 156 g/mol. The molecule has 1 amide bonds. The van der Waals surface area contributed by atoms with E-state index in [9.17, 15) is 4.79 Å². The van der Waals surface area contributed by atoms with Crippen molar-refractivity contribution in [2.24, 2.45) is 5.92 Å². The molecule has 0 saturated heterocycles. The summed E-state index contributed by atoms with van der Waals surface area (Å²) in [5, 5.41) is 8.49. The number of carbonyl (C=O) groups is 1. The molecule has 4 heteroatoms. The average Bonchev–Trinajstić information content (AvgIpc) is 2.00. The van der Waals surface area contributed by atoms with Gasteiger partial charge in [0, 0.05) is 0 Å². The molecule has 0 heterocycles. The van der Waals surface area contributed by atoms with E-state index in [4.69, 9.17) is 5.26 Å². The monoisotopic (exact) mass is 156 g/mol. The van der Waals surface area contributed by atoms with Gasteiger partial charge in [-0.15, -0.1) is 0 Å². The molecule has 0 fully saturated rings. The zero-order chi connectivity index (χ0) is 8.69. The summed E-state index contributed by atoms with van der Waals surface area (Å²) in [6, 6.07) is 1.90. The maximum absolute atomic E-state index is 10.9. The maximum atomic E-state index is 10.9. The SMILES string of the molecule is CCCC(C#N)C(=O)NOC. The lowest BCUT2D eigenvalue weighted by atomic mass is 10.1. The zero-order valence-electron chi connectivity index (χ0n) is 6.76. The van der Waals surface area contributed by atoms with Gasteiger partial charge in [0.25, 0.3) is 5.91 Å². The molecule has 11 heavy (non-hydrogen) atoms. The van der Waals surface area contributed by atoms with Crippen LogP contribution in [0.2, 0.25) is 0 Å². The summed E-state index contributed by atoms with van der Waals surface area (Å²) in [7, 11) is 1.35. The first-order chi connectivity index (χ1) is 5.26. The molecule has 4 nitrogen and oxygen atoms in total. The fraction of sp³-hybridized carbons (Fsp3) is 0.714. The maximum Gasteiger partial charge on any atom is 0.260 e. The molecular weight excluding hydrogens is 144 g/mol. The summed E-state index contributed by atoms with van der Waals surface area (Å²) in [5.74, 6) is -0.947. The molecule has 1 N–H and O–H groups in total. The van der Waals surface area contributed by atoms with Gasteiger partial charge < -0.3 is 0 Å². The molecule has 0 radical (unpaired) electrons. The third kappa shape index (κ3) is 3.58. The molecule has 0 aromatic heterocycles. The van der Waals surface area contributed by atoms with Crippen LogP contribution in [0.15, 0.2) is 0 Å². The van der Waals surface area contributed by atoms with E-state index in [0.717, 1.165) is 6.42 Å². The Morgan fingerprint density at radius 1 is 1.82 bits per heavy atom. The van der Waals surface area contributed by atoms with Crippen molar-refractivity contribution >= 4 is 5.91 Å². The van der Waals surface area contributed by atoms with Gasteiger partial charge in [-0.05, 0) is 6.42 Å². The minimum Gasteiger partial charge on any atom is -0.277 e. The van der Waals surface area contributed by atoms with Gasteiger partial charge in [-0.1, -0.05) is 13.3 Å². The molecule has 0 aromatic rings. The van der Waals surface area contributed by atoms with Crippen LogP contribution in [-0.4, -0.2) is 13.0 Å². The third-order valence-electron chi connectivity index (χ3n) is 1.25. The summed E-state index contributed by atoms with van der Waals surface area (Å²) < 4.78 is 0. The Morgan fingerprint density at radius 2 is 2.45 bits per heavy atom. The van der Waals surface area contributed by atoms with Crippen molar-refractivity contribution in [3.8, 4) is 6.07 Å². The normalized spacial score (nSPS) is 11.7. The van der Waals surface area contributed by atoms with E-state index in [1.165, 1.54) is 7.11 Å². The minimum absolute atomic E-state index is 0.364. The molecule has 0 aromatic carbocycles. The van der Waals surface area contributed by atoms with Crippen LogP contribution in [0, 0.1) is 17.2 Å². The Balaban J connectivity index is 3.84. The van der Waals surface area contributed by atoms with E-state index in [1.807, 2.05) is 13.0 Å². The van der Waals surface area contributed by atoms with Crippen LogP contribution in [0.1, 0.15) is 19.8 Å². The van der Waals surface area contributed by atoms with Crippen molar-refractivity contribution < 1.29 is 9.63 Å². The second-order valence-corrected chi connectivity index (χ2v) is 2.14. The molecule has 0 aliphatic rings. The second kappa shape index (κ2) is 5.69. The van der Waals surface area contributed by atoms with E-state index in [1.54, 1.807) is 0 Å². The number of carbonyl (C=O) groups excluding carboxylic acids is 1. The Kier molecular flexibility index (Phi) is 5.13. The number of nitriles is 1. The zero-order valence-corrected chi connectivity index (χ0v) is 6.76. The molecule has 62 valence electrons. The quantitative estimate of drug-likeness (QED) is 0.606. The van der Waals surface area contributed by atoms with Crippen molar-refractivity contribution in [2.75, 3.05) is 7.11 Å². The fourth-order valence-electron chi connectivity index (χ4n) is 0.715. The Hall–Kier alpha value is -1.08. The summed E-state index contributed by atoms with van der Waals surface area (Å²) in [6.45, 7) is 1.92. The van der Waals surface area contributed by atoms with Crippen LogP contribution < -0.4 is 5.48 Å². The van der Waals surface area contributed by atoms with Crippen molar-refractivity contribution in [3.05, 3.63) is 0 Å². The van der Waals surface area contributed by atoms with Crippen molar-refractivity contribution in [1.82, 2.24) is 5.48 Å². The number of hydroxylamine groups is 1. The topological polar surface area (TPSA) is 62.1 Å². The molecule has 0 bridgehead atoms. The Morgan fingerprint density at radius 3 is 2.82 bits per heavy atom. The molecule has 0 saturated carbocycles. The Labute approximate surface area is 66.1 Å². The predicted octanol–water partition coefficient (Wildman–Crippen LogP) is 0.604. The number of rotatable bonds is 4. The van der Waals surface area contributed by atoms with Gasteiger partial charge in [0.1, 0.15) is 5.92 Å². The van der Waals surface area contributed by atoms with E-state index in [0.29, 0.717) is 6.42 Å². The highest BCUT2D eigenvalue weighted by Crippen LogP contribution is 2.03. The first-order valence-electron chi connectivity index (χ1n) is 3.48. The highest BCUT2D eigenvalue weighted by atomic mass is 16.6. The van der Waals surface area contributed by atoms with Gasteiger partial charge in [0.2, 0.25) is 0 Å². The summed E-state index contributed by atoms with van der Waals surface area (Å²) in [5.41, 5.74) is 2.12.